The minimum Gasteiger partial charge on any atom is -0.497 e. The molecule has 21 heavy (non-hydrogen) atoms. The van der Waals surface area contributed by atoms with Crippen molar-refractivity contribution in [3.05, 3.63) is 59.7 Å². The summed E-state index contributed by atoms with van der Waals surface area (Å²) in [5, 5.41) is 0. The second-order valence-corrected chi connectivity index (χ2v) is 4.84. The molecule has 0 aromatic heterocycles. The molecule has 3 rings (SSSR count). The highest BCUT2D eigenvalue weighted by Gasteiger charge is 2.46. The zero-order valence-electron chi connectivity index (χ0n) is 11.9. The minimum absolute atomic E-state index is 0.00142. The summed E-state index contributed by atoms with van der Waals surface area (Å²) in [5.41, 5.74) is 1.62. The number of ketones is 1. The molecule has 4 heteroatoms. The third-order valence-electron chi connectivity index (χ3n) is 3.57. The second-order valence-electron chi connectivity index (χ2n) is 4.84. The summed E-state index contributed by atoms with van der Waals surface area (Å²) in [4.78, 5) is 12.3. The van der Waals surface area contributed by atoms with E-state index in [1.165, 1.54) is 0 Å². The average Bonchev–Trinajstić information content (AvgIpc) is 3.35. The van der Waals surface area contributed by atoms with Crippen molar-refractivity contribution in [2.24, 2.45) is 0 Å². The highest BCUT2D eigenvalue weighted by Crippen LogP contribution is 2.41. The number of carbonyl (C=O) groups is 1. The van der Waals surface area contributed by atoms with Gasteiger partial charge in [-0.05, 0) is 42.0 Å². The van der Waals surface area contributed by atoms with Gasteiger partial charge in [0.15, 0.2) is 11.9 Å². The summed E-state index contributed by atoms with van der Waals surface area (Å²) in [6.45, 7) is 0. The number of benzene rings is 2. The van der Waals surface area contributed by atoms with Crippen molar-refractivity contribution < 1.29 is 19.0 Å². The summed E-state index contributed by atoms with van der Waals surface area (Å²) < 4.78 is 15.7. The summed E-state index contributed by atoms with van der Waals surface area (Å²) in [5.74, 6) is 1.52. The van der Waals surface area contributed by atoms with E-state index in [0.29, 0.717) is 5.56 Å². The van der Waals surface area contributed by atoms with Crippen LogP contribution >= 0.6 is 0 Å². The molecule has 2 aromatic carbocycles. The molecule has 0 spiro atoms. The van der Waals surface area contributed by atoms with Gasteiger partial charge in [-0.3, -0.25) is 4.79 Å². The third-order valence-corrected chi connectivity index (χ3v) is 3.57. The van der Waals surface area contributed by atoms with Gasteiger partial charge in [0, 0.05) is 5.56 Å². The molecule has 1 fully saturated rings. The molecule has 1 aliphatic rings. The van der Waals surface area contributed by atoms with E-state index in [4.69, 9.17) is 14.2 Å². The first-order chi connectivity index (χ1) is 10.2. The predicted octanol–water partition coefficient (Wildman–Crippen LogP) is 3.03. The van der Waals surface area contributed by atoms with E-state index in [9.17, 15) is 4.79 Å². The van der Waals surface area contributed by atoms with E-state index in [2.05, 4.69) is 0 Å². The fraction of sp³-hybridized carbons (Fsp3) is 0.235. The van der Waals surface area contributed by atoms with Gasteiger partial charge in [-0.15, -0.1) is 0 Å². The maximum Gasteiger partial charge on any atom is 0.194 e. The van der Waals surface area contributed by atoms with Crippen LogP contribution in [-0.4, -0.2) is 26.1 Å². The monoisotopic (exact) mass is 284 g/mol. The highest BCUT2D eigenvalue weighted by molar-refractivity contribution is 6.01. The molecule has 0 amide bonds. The van der Waals surface area contributed by atoms with Gasteiger partial charge >= 0.3 is 0 Å². The van der Waals surface area contributed by atoms with Crippen molar-refractivity contribution in [1.29, 1.82) is 0 Å². The van der Waals surface area contributed by atoms with Crippen molar-refractivity contribution in [2.45, 2.75) is 12.2 Å². The lowest BCUT2D eigenvalue weighted by atomic mass is 10.0. The molecule has 0 unspecified atom stereocenters. The zero-order chi connectivity index (χ0) is 14.8. The Hall–Kier alpha value is -2.33. The average molecular weight is 284 g/mol. The topological polar surface area (TPSA) is 48.1 Å². The lowest BCUT2D eigenvalue weighted by Crippen LogP contribution is -2.08. The zero-order valence-corrected chi connectivity index (χ0v) is 11.9. The van der Waals surface area contributed by atoms with E-state index in [1.54, 1.807) is 38.5 Å². The predicted molar refractivity (Wildman–Crippen MR) is 77.9 cm³/mol. The molecule has 2 atom stereocenters. The van der Waals surface area contributed by atoms with Gasteiger partial charge in [-0.1, -0.05) is 12.1 Å². The summed E-state index contributed by atoms with van der Waals surface area (Å²) in [6, 6.07) is 14.6. The standard InChI is InChI=1S/C17H16O4/c1-19-13-7-3-11(4-8-13)15(18)17-16(21-17)12-5-9-14(20-2)10-6-12/h3-10,16-17H,1-2H3/t16-,17-/m1/s1. The molecule has 4 nitrogen and oxygen atoms in total. The molecule has 1 heterocycles. The molecular formula is C17H16O4. The molecule has 0 radical (unpaired) electrons. The smallest absolute Gasteiger partial charge is 0.194 e. The number of epoxide rings is 1. The van der Waals surface area contributed by atoms with Crippen molar-refractivity contribution in [2.75, 3.05) is 14.2 Å². The minimum atomic E-state index is -0.396. The molecule has 0 saturated carbocycles. The van der Waals surface area contributed by atoms with Gasteiger partial charge < -0.3 is 14.2 Å². The van der Waals surface area contributed by atoms with Crippen LogP contribution in [-0.2, 0) is 4.74 Å². The van der Waals surface area contributed by atoms with Crippen molar-refractivity contribution in [3.8, 4) is 11.5 Å². The number of carbonyl (C=O) groups excluding carboxylic acids is 1. The van der Waals surface area contributed by atoms with Crippen LogP contribution in [0.5, 0.6) is 11.5 Å². The van der Waals surface area contributed by atoms with Crippen LogP contribution in [0.3, 0.4) is 0 Å². The normalized spacial score (nSPS) is 19.9. The summed E-state index contributed by atoms with van der Waals surface area (Å²) >= 11 is 0. The van der Waals surface area contributed by atoms with Crippen molar-refractivity contribution >= 4 is 5.78 Å². The van der Waals surface area contributed by atoms with E-state index in [1.807, 2.05) is 24.3 Å². The van der Waals surface area contributed by atoms with Gasteiger partial charge in [0.2, 0.25) is 0 Å². The SMILES string of the molecule is COc1ccc(C(=O)[C@H]2O[C@@H]2c2ccc(OC)cc2)cc1. The first-order valence-corrected chi connectivity index (χ1v) is 6.70. The Bertz CT molecular complexity index is 631. The number of rotatable bonds is 5. The largest absolute Gasteiger partial charge is 0.497 e. The molecule has 108 valence electrons. The van der Waals surface area contributed by atoms with E-state index >= 15 is 0 Å². The van der Waals surface area contributed by atoms with Gasteiger partial charge in [-0.2, -0.15) is 0 Å². The quantitative estimate of drug-likeness (QED) is 0.625. The van der Waals surface area contributed by atoms with Crippen LogP contribution in [0.25, 0.3) is 0 Å². The summed E-state index contributed by atoms with van der Waals surface area (Å²) in [6.07, 6.45) is -0.558. The number of methoxy groups -OCH3 is 2. The Labute approximate surface area is 123 Å². The lowest BCUT2D eigenvalue weighted by Gasteiger charge is -2.02. The van der Waals surface area contributed by atoms with E-state index < -0.39 is 6.10 Å². The number of hydrogen-bond acceptors (Lipinski definition) is 4. The van der Waals surface area contributed by atoms with Crippen molar-refractivity contribution in [3.63, 3.8) is 0 Å². The lowest BCUT2D eigenvalue weighted by molar-refractivity contribution is 0.0953. The first kappa shape index (κ1) is 13.6. The molecule has 1 saturated heterocycles. The van der Waals surface area contributed by atoms with Crippen LogP contribution < -0.4 is 9.47 Å². The van der Waals surface area contributed by atoms with Gasteiger partial charge in [0.05, 0.1) is 14.2 Å². The van der Waals surface area contributed by atoms with Crippen LogP contribution in [0.2, 0.25) is 0 Å². The number of hydrogen-bond donors (Lipinski definition) is 0. The number of ether oxygens (including phenoxy) is 3. The Morgan fingerprint density at radius 2 is 1.43 bits per heavy atom. The molecule has 0 aliphatic carbocycles. The Kier molecular flexibility index (Phi) is 3.62. The van der Waals surface area contributed by atoms with Crippen LogP contribution in [0.15, 0.2) is 48.5 Å². The molecule has 2 aromatic rings. The molecule has 0 bridgehead atoms. The summed E-state index contributed by atoms with van der Waals surface area (Å²) in [7, 11) is 3.22. The maximum absolute atomic E-state index is 12.3. The number of Topliss-reactive ketones (excluding diaryl/α,β-unsaturated/α-hetero) is 1. The molecular weight excluding hydrogens is 268 g/mol. The fourth-order valence-electron chi connectivity index (χ4n) is 2.28. The maximum atomic E-state index is 12.3. The molecule has 0 N–H and O–H groups in total. The Balaban J connectivity index is 1.69. The Morgan fingerprint density at radius 3 is 1.95 bits per heavy atom. The van der Waals surface area contributed by atoms with Gasteiger partial charge in [-0.25, -0.2) is 0 Å². The van der Waals surface area contributed by atoms with Crippen LogP contribution in [0, 0.1) is 0 Å². The van der Waals surface area contributed by atoms with Gasteiger partial charge in [0.1, 0.15) is 17.6 Å². The second kappa shape index (κ2) is 5.58. The fourth-order valence-corrected chi connectivity index (χ4v) is 2.28. The van der Waals surface area contributed by atoms with Crippen LogP contribution in [0.1, 0.15) is 22.0 Å². The highest BCUT2D eigenvalue weighted by atomic mass is 16.6. The first-order valence-electron chi connectivity index (χ1n) is 6.70. The molecule has 1 aliphatic heterocycles. The van der Waals surface area contributed by atoms with E-state index in [0.717, 1.165) is 17.1 Å². The van der Waals surface area contributed by atoms with Crippen LogP contribution in [0.4, 0.5) is 0 Å². The Morgan fingerprint density at radius 1 is 0.905 bits per heavy atom. The van der Waals surface area contributed by atoms with Crippen molar-refractivity contribution in [1.82, 2.24) is 0 Å². The van der Waals surface area contributed by atoms with Gasteiger partial charge in [0.25, 0.3) is 0 Å². The van der Waals surface area contributed by atoms with E-state index in [-0.39, 0.29) is 11.9 Å². The third kappa shape index (κ3) is 2.76.